The van der Waals surface area contributed by atoms with Crippen LogP contribution in [0.2, 0.25) is 0 Å². The molecule has 1 aromatic carbocycles. The van der Waals surface area contributed by atoms with Crippen molar-refractivity contribution in [3.63, 3.8) is 0 Å². The first-order chi connectivity index (χ1) is 9.15. The van der Waals surface area contributed by atoms with Gasteiger partial charge in [-0.3, -0.25) is 0 Å². The number of thioether (sulfide) groups is 1. The molecular formula is C14H20N2OS2. The van der Waals surface area contributed by atoms with Crippen molar-refractivity contribution in [1.29, 1.82) is 0 Å². The van der Waals surface area contributed by atoms with Crippen LogP contribution in [0.4, 0.5) is 5.69 Å². The molecule has 1 aliphatic carbocycles. The van der Waals surface area contributed by atoms with Crippen LogP contribution in [-0.2, 0) is 4.74 Å². The van der Waals surface area contributed by atoms with Crippen LogP contribution in [-0.4, -0.2) is 30.0 Å². The third-order valence-electron chi connectivity index (χ3n) is 3.35. The third-order valence-corrected chi connectivity index (χ3v) is 4.33. The number of hydrogen-bond donors (Lipinski definition) is 2. The van der Waals surface area contributed by atoms with Crippen LogP contribution in [0, 0.1) is 0 Å². The molecule has 3 nitrogen and oxygen atoms in total. The maximum Gasteiger partial charge on any atom is 0.107 e. The number of anilines is 1. The van der Waals surface area contributed by atoms with Gasteiger partial charge >= 0.3 is 0 Å². The van der Waals surface area contributed by atoms with Gasteiger partial charge in [-0.25, -0.2) is 0 Å². The SMILES string of the molecule is CCOC1CC(Nc2cccc(SC)c2C(N)=S)C1. The molecule has 5 heteroatoms. The lowest BCUT2D eigenvalue weighted by Gasteiger charge is -2.36. The van der Waals surface area contributed by atoms with Gasteiger partial charge in [0.15, 0.2) is 0 Å². The Labute approximate surface area is 124 Å². The van der Waals surface area contributed by atoms with E-state index in [2.05, 4.69) is 5.32 Å². The van der Waals surface area contributed by atoms with Crippen LogP contribution in [0.25, 0.3) is 0 Å². The Hall–Kier alpha value is -0.780. The fraction of sp³-hybridized carbons (Fsp3) is 0.500. The molecule has 0 radical (unpaired) electrons. The first kappa shape index (κ1) is 14.6. The summed E-state index contributed by atoms with van der Waals surface area (Å²) in [7, 11) is 0. The van der Waals surface area contributed by atoms with Gasteiger partial charge in [0.1, 0.15) is 4.99 Å². The summed E-state index contributed by atoms with van der Waals surface area (Å²) in [6.45, 7) is 2.82. The normalized spacial score (nSPS) is 21.8. The van der Waals surface area contributed by atoms with Crippen LogP contribution in [0.15, 0.2) is 23.1 Å². The highest BCUT2D eigenvalue weighted by molar-refractivity contribution is 7.98. The van der Waals surface area contributed by atoms with Gasteiger partial charge in [-0.05, 0) is 38.2 Å². The first-order valence-corrected chi connectivity index (χ1v) is 8.14. The van der Waals surface area contributed by atoms with E-state index < -0.39 is 0 Å². The molecule has 0 aliphatic heterocycles. The van der Waals surface area contributed by atoms with Gasteiger partial charge in [0, 0.05) is 28.8 Å². The molecule has 104 valence electrons. The Morgan fingerprint density at radius 3 is 2.84 bits per heavy atom. The van der Waals surface area contributed by atoms with Crippen LogP contribution in [0.3, 0.4) is 0 Å². The summed E-state index contributed by atoms with van der Waals surface area (Å²) in [6, 6.07) is 6.59. The molecule has 0 heterocycles. The van der Waals surface area contributed by atoms with E-state index >= 15 is 0 Å². The highest BCUT2D eigenvalue weighted by atomic mass is 32.2. The molecule has 1 fully saturated rings. The fourth-order valence-corrected chi connectivity index (χ4v) is 3.27. The summed E-state index contributed by atoms with van der Waals surface area (Å²) < 4.78 is 5.57. The second-order valence-corrected chi connectivity index (χ2v) is 5.93. The van der Waals surface area contributed by atoms with E-state index in [-0.39, 0.29) is 0 Å². The minimum Gasteiger partial charge on any atom is -0.389 e. The zero-order chi connectivity index (χ0) is 13.8. The lowest BCUT2D eigenvalue weighted by atomic mass is 9.89. The highest BCUT2D eigenvalue weighted by Crippen LogP contribution is 2.31. The largest absolute Gasteiger partial charge is 0.389 e. The van der Waals surface area contributed by atoms with Crippen LogP contribution in [0.5, 0.6) is 0 Å². The summed E-state index contributed by atoms with van der Waals surface area (Å²) in [4.78, 5) is 1.58. The predicted molar refractivity (Wildman–Crippen MR) is 86.2 cm³/mol. The van der Waals surface area contributed by atoms with Crippen molar-refractivity contribution in [2.24, 2.45) is 5.73 Å². The zero-order valence-electron chi connectivity index (χ0n) is 11.3. The van der Waals surface area contributed by atoms with Gasteiger partial charge in [0.05, 0.1) is 6.10 Å². The lowest BCUT2D eigenvalue weighted by molar-refractivity contribution is 0.00299. The predicted octanol–water partition coefficient (Wildman–Crippen LogP) is 3.02. The monoisotopic (exact) mass is 296 g/mol. The fourth-order valence-electron chi connectivity index (χ4n) is 2.35. The maximum absolute atomic E-state index is 5.85. The molecule has 0 saturated heterocycles. The quantitative estimate of drug-likeness (QED) is 0.624. The van der Waals surface area contributed by atoms with Gasteiger partial charge in [0.25, 0.3) is 0 Å². The van der Waals surface area contributed by atoms with Crippen molar-refractivity contribution in [3.05, 3.63) is 23.8 Å². The van der Waals surface area contributed by atoms with Gasteiger partial charge < -0.3 is 15.8 Å². The van der Waals surface area contributed by atoms with Gasteiger partial charge in [-0.15, -0.1) is 11.8 Å². The number of hydrogen-bond acceptors (Lipinski definition) is 4. The molecule has 3 N–H and O–H groups in total. The van der Waals surface area contributed by atoms with Crippen molar-refractivity contribution < 1.29 is 4.74 Å². The Balaban J connectivity index is 2.07. The Morgan fingerprint density at radius 1 is 1.53 bits per heavy atom. The Bertz CT molecular complexity index is 459. The van der Waals surface area contributed by atoms with E-state index in [4.69, 9.17) is 22.7 Å². The topological polar surface area (TPSA) is 47.3 Å². The van der Waals surface area contributed by atoms with E-state index in [1.165, 1.54) is 0 Å². The summed E-state index contributed by atoms with van der Waals surface area (Å²) >= 11 is 6.84. The van der Waals surface area contributed by atoms with E-state index in [9.17, 15) is 0 Å². The molecule has 0 bridgehead atoms. The number of thiocarbonyl (C=S) groups is 1. The molecular weight excluding hydrogens is 276 g/mol. The highest BCUT2D eigenvalue weighted by Gasteiger charge is 2.30. The number of nitrogens with one attached hydrogen (secondary N) is 1. The average molecular weight is 296 g/mol. The molecule has 0 amide bonds. The number of nitrogens with two attached hydrogens (primary N) is 1. The minimum atomic E-state index is 0.402. The van der Waals surface area contributed by atoms with E-state index in [0.717, 1.165) is 35.6 Å². The van der Waals surface area contributed by atoms with E-state index in [1.807, 2.05) is 31.4 Å². The first-order valence-electron chi connectivity index (χ1n) is 6.50. The molecule has 1 aliphatic rings. The molecule has 1 saturated carbocycles. The van der Waals surface area contributed by atoms with Crippen molar-refractivity contribution >= 4 is 34.7 Å². The molecule has 0 unspecified atom stereocenters. The zero-order valence-corrected chi connectivity index (χ0v) is 12.9. The third kappa shape index (κ3) is 3.41. The standard InChI is InChI=1S/C14H20N2OS2/c1-3-17-10-7-9(8-10)16-11-5-4-6-12(19-2)13(11)14(15)18/h4-6,9-10,16H,3,7-8H2,1-2H3,(H2,15,18). The van der Waals surface area contributed by atoms with Crippen LogP contribution in [0.1, 0.15) is 25.3 Å². The molecule has 0 aromatic heterocycles. The lowest BCUT2D eigenvalue weighted by Crippen LogP contribution is -2.41. The van der Waals surface area contributed by atoms with Crippen molar-refractivity contribution in [1.82, 2.24) is 0 Å². The summed E-state index contributed by atoms with van der Waals surface area (Å²) in [5.74, 6) is 0. The van der Waals surface area contributed by atoms with Crippen molar-refractivity contribution in [3.8, 4) is 0 Å². The smallest absolute Gasteiger partial charge is 0.107 e. The summed E-state index contributed by atoms with van der Waals surface area (Å²) in [5.41, 5.74) is 7.86. The second kappa shape index (κ2) is 6.59. The molecule has 0 atom stereocenters. The van der Waals surface area contributed by atoms with Gasteiger partial charge in [-0.1, -0.05) is 18.3 Å². The van der Waals surface area contributed by atoms with Crippen molar-refractivity contribution in [2.75, 3.05) is 18.2 Å². The Morgan fingerprint density at radius 2 is 2.26 bits per heavy atom. The van der Waals surface area contributed by atoms with Gasteiger partial charge in [0.2, 0.25) is 0 Å². The van der Waals surface area contributed by atoms with Gasteiger partial charge in [-0.2, -0.15) is 0 Å². The second-order valence-electron chi connectivity index (χ2n) is 4.64. The summed E-state index contributed by atoms with van der Waals surface area (Å²) in [5, 5.41) is 3.53. The van der Waals surface area contributed by atoms with Crippen LogP contribution >= 0.6 is 24.0 Å². The molecule has 1 aromatic rings. The van der Waals surface area contributed by atoms with Crippen LogP contribution < -0.4 is 11.1 Å². The summed E-state index contributed by atoms with van der Waals surface area (Å²) in [6.07, 6.45) is 4.54. The molecule has 0 spiro atoms. The van der Waals surface area contributed by atoms with Crippen molar-refractivity contribution in [2.45, 2.75) is 36.8 Å². The minimum absolute atomic E-state index is 0.402. The van der Waals surface area contributed by atoms with E-state index in [1.54, 1.807) is 11.8 Å². The molecule has 19 heavy (non-hydrogen) atoms. The Kier molecular flexibility index (Phi) is 5.07. The maximum atomic E-state index is 5.85. The average Bonchev–Trinajstić information content (AvgIpc) is 2.35. The molecule has 2 rings (SSSR count). The number of benzene rings is 1. The number of rotatable bonds is 6. The van der Waals surface area contributed by atoms with E-state index in [0.29, 0.717) is 17.1 Å². The number of ether oxygens (including phenoxy) is 1.